The van der Waals surface area contributed by atoms with Crippen molar-refractivity contribution in [3.8, 4) is 17.1 Å². The van der Waals surface area contributed by atoms with Gasteiger partial charge in [0.25, 0.3) is 5.69 Å². The van der Waals surface area contributed by atoms with Crippen LogP contribution in [0.3, 0.4) is 0 Å². The van der Waals surface area contributed by atoms with E-state index in [9.17, 15) is 15.2 Å². The minimum atomic E-state index is -0.537. The molecule has 0 aliphatic carbocycles. The highest BCUT2D eigenvalue weighted by molar-refractivity contribution is 5.84. The average Bonchev–Trinajstić information content (AvgIpc) is 3.03. The minimum absolute atomic E-state index is 0.103. The van der Waals surface area contributed by atoms with E-state index in [-0.39, 0.29) is 17.0 Å². The van der Waals surface area contributed by atoms with Crippen LogP contribution in [0, 0.1) is 10.1 Å². The molecule has 1 aromatic heterocycles. The van der Waals surface area contributed by atoms with Crippen molar-refractivity contribution in [3.05, 3.63) is 70.5 Å². The van der Waals surface area contributed by atoms with E-state index in [4.69, 9.17) is 0 Å². The predicted molar refractivity (Wildman–Crippen MR) is 83.2 cm³/mol. The summed E-state index contributed by atoms with van der Waals surface area (Å²) < 4.78 is 1.42. The van der Waals surface area contributed by atoms with Gasteiger partial charge in [0.2, 0.25) is 0 Å². The van der Waals surface area contributed by atoms with Crippen LogP contribution in [0.15, 0.2) is 60.0 Å². The molecule has 0 spiro atoms. The first-order valence-electron chi connectivity index (χ1n) is 6.62. The summed E-state index contributed by atoms with van der Waals surface area (Å²) in [6.07, 6.45) is 2.73. The number of nitro groups is 1. The monoisotopic (exact) mass is 309 g/mol. The van der Waals surface area contributed by atoms with Gasteiger partial charge in [-0.1, -0.05) is 30.3 Å². The molecule has 1 N–H and O–H groups in total. The van der Waals surface area contributed by atoms with Crippen molar-refractivity contribution < 1.29 is 10.0 Å². The van der Waals surface area contributed by atoms with Crippen molar-refractivity contribution in [1.82, 2.24) is 14.9 Å². The molecule has 0 radical (unpaired) electrons. The zero-order valence-corrected chi connectivity index (χ0v) is 11.8. The summed E-state index contributed by atoms with van der Waals surface area (Å²) >= 11 is 0. The van der Waals surface area contributed by atoms with Crippen molar-refractivity contribution in [2.75, 3.05) is 0 Å². The Labute approximate surface area is 130 Å². The van der Waals surface area contributed by atoms with E-state index in [0.29, 0.717) is 5.82 Å². The number of non-ortho nitro benzene ring substituents is 1. The van der Waals surface area contributed by atoms with E-state index in [1.807, 2.05) is 30.3 Å². The molecule has 0 aliphatic heterocycles. The Morgan fingerprint density at radius 1 is 1.22 bits per heavy atom. The molecule has 23 heavy (non-hydrogen) atoms. The number of hydrogen-bond acceptors (Lipinski definition) is 6. The van der Waals surface area contributed by atoms with Crippen LogP contribution in [0.1, 0.15) is 5.56 Å². The third-order valence-electron chi connectivity index (χ3n) is 3.11. The highest BCUT2D eigenvalue weighted by Gasteiger charge is 2.10. The van der Waals surface area contributed by atoms with E-state index in [1.165, 1.54) is 35.4 Å². The number of rotatable bonds is 4. The Morgan fingerprint density at radius 2 is 2.00 bits per heavy atom. The van der Waals surface area contributed by atoms with E-state index >= 15 is 0 Å². The third kappa shape index (κ3) is 3.05. The van der Waals surface area contributed by atoms with Crippen LogP contribution < -0.4 is 0 Å². The van der Waals surface area contributed by atoms with Gasteiger partial charge in [-0.2, -0.15) is 9.78 Å². The fraction of sp³-hybridized carbons (Fsp3) is 0. The first-order chi connectivity index (χ1) is 11.1. The zero-order chi connectivity index (χ0) is 16.2. The smallest absolute Gasteiger partial charge is 0.270 e. The maximum absolute atomic E-state index is 10.8. The van der Waals surface area contributed by atoms with Gasteiger partial charge >= 0.3 is 0 Å². The molecule has 2 aromatic carbocycles. The lowest BCUT2D eigenvalue weighted by Crippen LogP contribution is -1.95. The van der Waals surface area contributed by atoms with Crippen LogP contribution in [0.25, 0.3) is 11.4 Å². The molecule has 0 saturated carbocycles. The molecule has 0 bridgehead atoms. The van der Waals surface area contributed by atoms with Gasteiger partial charge in [0, 0.05) is 23.3 Å². The molecule has 0 unspecified atom stereocenters. The van der Waals surface area contributed by atoms with E-state index < -0.39 is 4.92 Å². The Balaban J connectivity index is 1.95. The van der Waals surface area contributed by atoms with Gasteiger partial charge in [-0.25, -0.2) is 0 Å². The molecular weight excluding hydrogens is 298 g/mol. The summed E-state index contributed by atoms with van der Waals surface area (Å²) in [5.41, 5.74) is 0.925. The minimum Gasteiger partial charge on any atom is -0.507 e. The first kappa shape index (κ1) is 14.4. The third-order valence-corrected chi connectivity index (χ3v) is 3.11. The number of aromatic hydroxyl groups is 1. The number of aromatic nitrogens is 3. The van der Waals surface area contributed by atoms with Crippen LogP contribution in [0.4, 0.5) is 5.69 Å². The largest absolute Gasteiger partial charge is 0.507 e. The van der Waals surface area contributed by atoms with Gasteiger partial charge in [0.15, 0.2) is 5.82 Å². The molecule has 0 saturated heterocycles. The highest BCUT2D eigenvalue weighted by Crippen LogP contribution is 2.22. The van der Waals surface area contributed by atoms with E-state index in [1.54, 1.807) is 0 Å². The van der Waals surface area contributed by atoms with E-state index in [2.05, 4.69) is 15.3 Å². The second-order valence-electron chi connectivity index (χ2n) is 4.61. The lowest BCUT2D eigenvalue weighted by molar-refractivity contribution is -0.384. The second-order valence-corrected chi connectivity index (χ2v) is 4.61. The summed E-state index contributed by atoms with van der Waals surface area (Å²) in [6.45, 7) is 0. The molecule has 8 heteroatoms. The van der Waals surface area contributed by atoms with Gasteiger partial charge in [-0.05, 0) is 6.07 Å². The Morgan fingerprint density at radius 3 is 2.74 bits per heavy atom. The molecule has 3 aromatic rings. The Bertz CT molecular complexity index is 874. The lowest BCUT2D eigenvalue weighted by atomic mass is 10.2. The predicted octanol–water partition coefficient (Wildman–Crippen LogP) is 2.44. The summed E-state index contributed by atoms with van der Waals surface area (Å²) in [4.78, 5) is 10.3. The quantitative estimate of drug-likeness (QED) is 0.452. The van der Waals surface area contributed by atoms with Crippen LogP contribution in [0.5, 0.6) is 5.75 Å². The number of phenols is 1. The van der Waals surface area contributed by atoms with Gasteiger partial charge in [-0.15, -0.1) is 10.2 Å². The van der Waals surface area contributed by atoms with Crippen molar-refractivity contribution in [3.63, 3.8) is 0 Å². The molecule has 3 rings (SSSR count). The SMILES string of the molecule is O=[N+]([O-])c1ccc(O)c(/C=N\n2cnnc2-c2ccccc2)c1. The van der Waals surface area contributed by atoms with Gasteiger partial charge in [0.05, 0.1) is 11.1 Å². The van der Waals surface area contributed by atoms with Gasteiger partial charge < -0.3 is 5.11 Å². The Kier molecular flexibility index (Phi) is 3.79. The average molecular weight is 309 g/mol. The number of nitrogens with zero attached hydrogens (tertiary/aromatic N) is 5. The van der Waals surface area contributed by atoms with Gasteiger partial charge in [-0.3, -0.25) is 10.1 Å². The summed E-state index contributed by atoms with van der Waals surface area (Å²) in [6, 6.07) is 13.1. The molecule has 114 valence electrons. The number of hydrogen-bond donors (Lipinski definition) is 1. The summed E-state index contributed by atoms with van der Waals surface area (Å²) in [5, 5.41) is 32.5. The lowest BCUT2D eigenvalue weighted by Gasteiger charge is -2.01. The number of phenolic OH excluding ortho intramolecular Hbond substituents is 1. The number of benzene rings is 2. The number of nitro benzene ring substituents is 1. The fourth-order valence-electron chi connectivity index (χ4n) is 1.97. The normalized spacial score (nSPS) is 11.0. The molecule has 0 atom stereocenters. The molecular formula is C15H11N5O3. The second kappa shape index (κ2) is 6.06. The highest BCUT2D eigenvalue weighted by atomic mass is 16.6. The topological polar surface area (TPSA) is 106 Å². The van der Waals surface area contributed by atoms with Crippen molar-refractivity contribution >= 4 is 11.9 Å². The first-order valence-corrected chi connectivity index (χ1v) is 6.62. The molecule has 0 aliphatic rings. The van der Waals surface area contributed by atoms with Crippen molar-refractivity contribution in [2.45, 2.75) is 0 Å². The Hall–Kier alpha value is -3.55. The molecule has 1 heterocycles. The maximum atomic E-state index is 10.8. The zero-order valence-electron chi connectivity index (χ0n) is 11.8. The summed E-state index contributed by atoms with van der Waals surface area (Å²) in [5.74, 6) is 0.417. The van der Waals surface area contributed by atoms with Crippen LogP contribution in [-0.4, -0.2) is 31.1 Å². The van der Waals surface area contributed by atoms with Crippen molar-refractivity contribution in [2.24, 2.45) is 5.10 Å². The van der Waals surface area contributed by atoms with Gasteiger partial charge in [0.1, 0.15) is 12.1 Å². The van der Waals surface area contributed by atoms with Crippen LogP contribution >= 0.6 is 0 Å². The van der Waals surface area contributed by atoms with Crippen molar-refractivity contribution in [1.29, 1.82) is 0 Å². The van der Waals surface area contributed by atoms with Crippen LogP contribution in [-0.2, 0) is 0 Å². The maximum Gasteiger partial charge on any atom is 0.270 e. The molecule has 8 nitrogen and oxygen atoms in total. The van der Waals surface area contributed by atoms with Crippen LogP contribution in [0.2, 0.25) is 0 Å². The molecule has 0 fully saturated rings. The molecule has 0 amide bonds. The van der Waals surface area contributed by atoms with E-state index in [0.717, 1.165) is 5.56 Å². The standard InChI is InChI=1S/C15H11N5O3/c21-14-7-6-13(20(22)23)8-12(14)9-17-19-10-16-18-15(19)11-4-2-1-3-5-11/h1-10,21H/b17-9-. The fourth-order valence-corrected chi connectivity index (χ4v) is 1.97. The summed E-state index contributed by atoms with van der Waals surface area (Å²) in [7, 11) is 0.